The van der Waals surface area contributed by atoms with Crippen molar-refractivity contribution in [3.05, 3.63) is 23.3 Å². The number of ether oxygens (including phenoxy) is 1. The molecule has 6 atom stereocenters. The van der Waals surface area contributed by atoms with Crippen LogP contribution in [0.3, 0.4) is 0 Å². The van der Waals surface area contributed by atoms with Crippen molar-refractivity contribution in [2.45, 2.75) is 66.1 Å². The number of carbonyl (C=O) groups excluding carboxylic acids is 2. The molecule has 4 heteroatoms. The summed E-state index contributed by atoms with van der Waals surface area (Å²) in [6.07, 6.45) is 5.00. The summed E-state index contributed by atoms with van der Waals surface area (Å²) in [7, 11) is 0. The van der Waals surface area contributed by atoms with Gasteiger partial charge in [0.15, 0.2) is 11.9 Å². The summed E-state index contributed by atoms with van der Waals surface area (Å²) in [4.78, 5) is 24.9. The molecule has 2 fully saturated rings. The second-order valence-corrected chi connectivity index (χ2v) is 9.47. The van der Waals surface area contributed by atoms with E-state index in [2.05, 4.69) is 19.9 Å². The normalized spacial score (nSPS) is 47.9. The Bertz CT molecular complexity index is 730. The number of hydrogen-bond acceptors (Lipinski definition) is 4. The number of ketones is 1. The molecule has 1 aliphatic heterocycles. The number of rotatable bonds is 0. The molecule has 0 aromatic heterocycles. The molecule has 0 spiro atoms. The van der Waals surface area contributed by atoms with E-state index in [1.165, 1.54) is 0 Å². The standard InChI is InChI=1S/C21H28O4/c1-11-6-7-12-20(4)9-8-14(22)19(2,3)13(20)10-15-21(12,5)16(11)17(23)18(24)25-15/h8-9,12-13,15,17,23H,6-7,10H2,1-5H3/t12-,13-,15-,17+,20+,21-/m0/s1. The molecule has 0 aromatic carbocycles. The Hall–Kier alpha value is -1.42. The van der Waals surface area contributed by atoms with Gasteiger partial charge in [0.2, 0.25) is 0 Å². The van der Waals surface area contributed by atoms with E-state index in [1.54, 1.807) is 6.08 Å². The van der Waals surface area contributed by atoms with Crippen LogP contribution in [-0.2, 0) is 14.3 Å². The molecule has 3 aliphatic carbocycles. The van der Waals surface area contributed by atoms with E-state index in [0.29, 0.717) is 6.42 Å². The first-order valence-electron chi connectivity index (χ1n) is 9.37. The minimum atomic E-state index is -1.15. The van der Waals surface area contributed by atoms with Crippen LogP contribution in [0.15, 0.2) is 23.3 Å². The van der Waals surface area contributed by atoms with E-state index in [1.807, 2.05) is 20.8 Å². The lowest BCUT2D eigenvalue weighted by Gasteiger charge is -2.65. The maximum Gasteiger partial charge on any atom is 0.339 e. The van der Waals surface area contributed by atoms with Crippen LogP contribution in [0.25, 0.3) is 0 Å². The van der Waals surface area contributed by atoms with E-state index in [0.717, 1.165) is 24.0 Å². The van der Waals surface area contributed by atoms with Gasteiger partial charge in [-0.2, -0.15) is 0 Å². The summed E-state index contributed by atoms with van der Waals surface area (Å²) in [5, 5.41) is 10.6. The van der Waals surface area contributed by atoms with E-state index in [4.69, 9.17) is 4.74 Å². The van der Waals surface area contributed by atoms with Gasteiger partial charge in [-0.3, -0.25) is 4.79 Å². The van der Waals surface area contributed by atoms with Crippen molar-refractivity contribution in [3.63, 3.8) is 0 Å². The fourth-order valence-electron chi connectivity index (χ4n) is 6.72. The first-order valence-corrected chi connectivity index (χ1v) is 9.37. The van der Waals surface area contributed by atoms with Crippen LogP contribution in [-0.4, -0.2) is 29.1 Å². The predicted octanol–water partition coefficient (Wildman–Crippen LogP) is 3.20. The molecule has 4 rings (SSSR count). The van der Waals surface area contributed by atoms with E-state index >= 15 is 0 Å². The maximum absolute atomic E-state index is 12.6. The third-order valence-electron chi connectivity index (χ3n) is 8.05. The zero-order valence-electron chi connectivity index (χ0n) is 15.8. The average Bonchev–Trinajstić information content (AvgIpc) is 2.52. The molecular weight excluding hydrogens is 316 g/mol. The Kier molecular flexibility index (Phi) is 3.30. The molecular formula is C21H28O4. The molecule has 1 heterocycles. The molecule has 4 nitrogen and oxygen atoms in total. The van der Waals surface area contributed by atoms with Crippen LogP contribution in [0, 0.1) is 28.1 Å². The highest BCUT2D eigenvalue weighted by atomic mass is 16.6. The highest BCUT2D eigenvalue weighted by molar-refractivity contribution is 5.96. The van der Waals surface area contributed by atoms with Crippen molar-refractivity contribution in [1.29, 1.82) is 0 Å². The molecule has 0 radical (unpaired) electrons. The highest BCUT2D eigenvalue weighted by Crippen LogP contribution is 2.68. The van der Waals surface area contributed by atoms with Gasteiger partial charge in [-0.1, -0.05) is 39.3 Å². The van der Waals surface area contributed by atoms with Crippen LogP contribution in [0.4, 0.5) is 0 Å². The molecule has 0 bridgehead atoms. The smallest absolute Gasteiger partial charge is 0.339 e. The van der Waals surface area contributed by atoms with Crippen molar-refractivity contribution in [2.24, 2.45) is 28.1 Å². The first kappa shape index (κ1) is 17.0. The Labute approximate surface area is 149 Å². The summed E-state index contributed by atoms with van der Waals surface area (Å²) in [5.74, 6) is -0.00262. The SMILES string of the molecule is CC1=C2[C@@H](O)C(=O)O[C@H]3C[C@H]4C(C)(C)C(=O)C=C[C@]4(C)[C@H](CC1)[C@]23C. The van der Waals surface area contributed by atoms with Gasteiger partial charge in [0.25, 0.3) is 0 Å². The summed E-state index contributed by atoms with van der Waals surface area (Å²) < 4.78 is 5.75. The number of carbonyl (C=O) groups is 2. The van der Waals surface area contributed by atoms with Gasteiger partial charge in [0, 0.05) is 10.8 Å². The molecule has 0 aromatic rings. The van der Waals surface area contributed by atoms with Gasteiger partial charge >= 0.3 is 5.97 Å². The van der Waals surface area contributed by atoms with Gasteiger partial charge < -0.3 is 9.84 Å². The summed E-state index contributed by atoms with van der Waals surface area (Å²) >= 11 is 0. The van der Waals surface area contributed by atoms with Gasteiger partial charge in [-0.15, -0.1) is 0 Å². The Balaban J connectivity index is 1.93. The van der Waals surface area contributed by atoms with Gasteiger partial charge in [-0.25, -0.2) is 4.79 Å². The van der Waals surface area contributed by atoms with Crippen LogP contribution < -0.4 is 0 Å². The van der Waals surface area contributed by atoms with Crippen molar-refractivity contribution < 1.29 is 19.4 Å². The zero-order chi connectivity index (χ0) is 18.4. The lowest BCUT2D eigenvalue weighted by atomic mass is 9.40. The quantitative estimate of drug-likeness (QED) is 0.541. The van der Waals surface area contributed by atoms with E-state index in [9.17, 15) is 14.7 Å². The zero-order valence-corrected chi connectivity index (χ0v) is 15.8. The molecule has 1 N–H and O–H groups in total. The summed E-state index contributed by atoms with van der Waals surface area (Å²) in [6, 6.07) is 0. The first-order chi connectivity index (χ1) is 11.5. The van der Waals surface area contributed by atoms with Crippen LogP contribution in [0.2, 0.25) is 0 Å². The fourth-order valence-corrected chi connectivity index (χ4v) is 6.72. The molecule has 0 unspecified atom stereocenters. The van der Waals surface area contributed by atoms with Crippen LogP contribution >= 0.6 is 0 Å². The molecule has 1 saturated carbocycles. The van der Waals surface area contributed by atoms with Crippen LogP contribution in [0.1, 0.15) is 53.9 Å². The lowest BCUT2D eigenvalue weighted by Crippen LogP contribution is -2.66. The summed E-state index contributed by atoms with van der Waals surface area (Å²) in [6.45, 7) is 10.5. The Morgan fingerprint density at radius 3 is 2.52 bits per heavy atom. The molecule has 1 saturated heterocycles. The third-order valence-corrected chi connectivity index (χ3v) is 8.05. The van der Waals surface area contributed by atoms with E-state index in [-0.39, 0.29) is 34.6 Å². The number of fused-ring (bicyclic) bond motifs is 2. The summed E-state index contributed by atoms with van der Waals surface area (Å²) in [5.41, 5.74) is 1.04. The van der Waals surface area contributed by atoms with Crippen LogP contribution in [0.5, 0.6) is 0 Å². The van der Waals surface area contributed by atoms with Crippen molar-refractivity contribution >= 4 is 11.8 Å². The molecule has 4 aliphatic rings. The molecule has 0 amide bonds. The van der Waals surface area contributed by atoms with Gasteiger partial charge in [0.05, 0.1) is 0 Å². The predicted molar refractivity (Wildman–Crippen MR) is 93.6 cm³/mol. The average molecular weight is 344 g/mol. The topological polar surface area (TPSA) is 63.6 Å². The number of allylic oxidation sites excluding steroid dienone is 3. The highest BCUT2D eigenvalue weighted by Gasteiger charge is 2.67. The maximum atomic E-state index is 12.6. The van der Waals surface area contributed by atoms with Crippen molar-refractivity contribution in [1.82, 2.24) is 0 Å². The van der Waals surface area contributed by atoms with Crippen molar-refractivity contribution in [3.8, 4) is 0 Å². The fraction of sp³-hybridized carbons (Fsp3) is 0.714. The second kappa shape index (κ2) is 4.85. The van der Waals surface area contributed by atoms with Crippen molar-refractivity contribution in [2.75, 3.05) is 0 Å². The van der Waals surface area contributed by atoms with Gasteiger partial charge in [-0.05, 0) is 55.1 Å². The number of aliphatic hydroxyl groups excluding tert-OH is 1. The third kappa shape index (κ3) is 1.87. The second-order valence-electron chi connectivity index (χ2n) is 9.47. The number of esters is 1. The van der Waals surface area contributed by atoms with E-state index < -0.39 is 17.5 Å². The molecule has 136 valence electrons. The largest absolute Gasteiger partial charge is 0.459 e. The minimum absolute atomic E-state index is 0.128. The molecule has 25 heavy (non-hydrogen) atoms. The number of aliphatic hydroxyl groups is 1. The monoisotopic (exact) mass is 344 g/mol. The minimum Gasteiger partial charge on any atom is -0.459 e. The Morgan fingerprint density at radius 2 is 1.84 bits per heavy atom. The Morgan fingerprint density at radius 1 is 1.16 bits per heavy atom. The number of hydrogen-bond donors (Lipinski definition) is 1. The van der Waals surface area contributed by atoms with Gasteiger partial charge in [0.1, 0.15) is 6.10 Å². The lowest BCUT2D eigenvalue weighted by molar-refractivity contribution is -0.204.